The van der Waals surface area contributed by atoms with Crippen molar-refractivity contribution < 1.29 is 16.8 Å². The normalized spacial score (nSPS) is 12.4. The quantitative estimate of drug-likeness (QED) is 0.782. The largest absolute Gasteiger partial charge is 0.397 e. The van der Waals surface area contributed by atoms with Crippen LogP contribution in [0, 0.1) is 6.92 Å². The Bertz CT molecular complexity index is 622. The Kier molecular flexibility index (Phi) is 3.62. The van der Waals surface area contributed by atoms with Gasteiger partial charge in [0.05, 0.1) is 11.9 Å². The summed E-state index contributed by atoms with van der Waals surface area (Å²) in [5, 5.41) is -0.981. The standard InChI is InChI=1S/C8H13N3O4S2/c1-6-3-7(9)4-10-8(6)11-17(14,15)5-16(2,12)13/h3-4H,5,9H2,1-2H3,(H,10,11). The van der Waals surface area contributed by atoms with Crippen molar-refractivity contribution in [3.8, 4) is 0 Å². The predicted molar refractivity (Wildman–Crippen MR) is 65.6 cm³/mol. The minimum Gasteiger partial charge on any atom is -0.397 e. The lowest BCUT2D eigenvalue weighted by Gasteiger charge is -2.08. The number of aryl methyl sites for hydroxylation is 1. The summed E-state index contributed by atoms with van der Waals surface area (Å²) in [7, 11) is -7.59. The van der Waals surface area contributed by atoms with Crippen LogP contribution in [-0.4, -0.2) is 33.2 Å². The number of pyridine rings is 1. The number of anilines is 2. The van der Waals surface area contributed by atoms with Gasteiger partial charge >= 0.3 is 0 Å². The number of nitrogens with one attached hydrogen (secondary N) is 1. The lowest BCUT2D eigenvalue weighted by Crippen LogP contribution is -2.23. The van der Waals surface area contributed by atoms with Crippen molar-refractivity contribution in [1.82, 2.24) is 4.98 Å². The lowest BCUT2D eigenvalue weighted by molar-refractivity contribution is 0.594. The van der Waals surface area contributed by atoms with E-state index in [1.165, 1.54) is 12.3 Å². The molecular formula is C8H13N3O4S2. The number of nitrogens with zero attached hydrogens (tertiary/aromatic N) is 1. The summed E-state index contributed by atoms with van der Waals surface area (Å²) in [5.74, 6) is 0.0721. The van der Waals surface area contributed by atoms with Crippen LogP contribution in [0.5, 0.6) is 0 Å². The van der Waals surface area contributed by atoms with Crippen LogP contribution in [0.3, 0.4) is 0 Å². The highest BCUT2D eigenvalue weighted by Crippen LogP contribution is 2.15. The van der Waals surface area contributed by atoms with E-state index >= 15 is 0 Å². The summed E-state index contributed by atoms with van der Waals surface area (Å²) in [6, 6.07) is 1.53. The molecule has 0 aromatic carbocycles. The topological polar surface area (TPSA) is 119 Å². The van der Waals surface area contributed by atoms with E-state index in [1.54, 1.807) is 6.92 Å². The van der Waals surface area contributed by atoms with E-state index in [1.807, 2.05) is 0 Å². The van der Waals surface area contributed by atoms with Crippen LogP contribution in [0.4, 0.5) is 11.5 Å². The van der Waals surface area contributed by atoms with Gasteiger partial charge in [-0.05, 0) is 18.6 Å². The number of aromatic nitrogens is 1. The van der Waals surface area contributed by atoms with E-state index in [4.69, 9.17) is 5.73 Å². The summed E-state index contributed by atoms with van der Waals surface area (Å²) in [6.07, 6.45) is 2.13. The molecule has 9 heteroatoms. The first-order valence-corrected chi connectivity index (χ1v) is 8.21. The van der Waals surface area contributed by atoms with Crippen LogP contribution in [0.15, 0.2) is 12.3 Å². The Balaban J connectivity index is 2.99. The van der Waals surface area contributed by atoms with Gasteiger partial charge in [0.1, 0.15) is 5.82 Å². The fourth-order valence-corrected chi connectivity index (χ4v) is 4.16. The van der Waals surface area contributed by atoms with Crippen molar-refractivity contribution in [3.05, 3.63) is 17.8 Å². The molecule has 1 aromatic rings. The summed E-state index contributed by atoms with van der Waals surface area (Å²) in [6.45, 7) is 1.61. The third-order valence-corrected chi connectivity index (χ3v) is 5.18. The second-order valence-corrected chi connectivity index (χ2v) is 7.92. The van der Waals surface area contributed by atoms with Crippen LogP contribution in [0.25, 0.3) is 0 Å². The van der Waals surface area contributed by atoms with Crippen LogP contribution in [-0.2, 0) is 19.9 Å². The number of rotatable bonds is 4. The van der Waals surface area contributed by atoms with Crippen LogP contribution in [0.2, 0.25) is 0 Å². The fourth-order valence-electron chi connectivity index (χ4n) is 1.16. The van der Waals surface area contributed by atoms with Gasteiger partial charge in [-0.1, -0.05) is 0 Å². The fraction of sp³-hybridized carbons (Fsp3) is 0.375. The number of sulfonamides is 1. The van der Waals surface area contributed by atoms with Crippen molar-refractivity contribution in [3.63, 3.8) is 0 Å². The van der Waals surface area contributed by atoms with Gasteiger partial charge in [0.15, 0.2) is 14.9 Å². The highest BCUT2D eigenvalue weighted by atomic mass is 32.3. The van der Waals surface area contributed by atoms with E-state index in [0.29, 0.717) is 11.3 Å². The Morgan fingerprint density at radius 3 is 2.41 bits per heavy atom. The first kappa shape index (κ1) is 13.7. The van der Waals surface area contributed by atoms with E-state index in [2.05, 4.69) is 9.71 Å². The van der Waals surface area contributed by atoms with Gasteiger partial charge < -0.3 is 5.73 Å². The van der Waals surface area contributed by atoms with E-state index in [9.17, 15) is 16.8 Å². The van der Waals surface area contributed by atoms with Gasteiger partial charge in [0.25, 0.3) is 0 Å². The van der Waals surface area contributed by atoms with Crippen molar-refractivity contribution >= 4 is 31.4 Å². The number of hydrogen-bond acceptors (Lipinski definition) is 6. The molecule has 0 fully saturated rings. The Hall–Kier alpha value is -1.35. The second kappa shape index (κ2) is 4.49. The first-order valence-electron chi connectivity index (χ1n) is 4.49. The van der Waals surface area contributed by atoms with E-state index in [-0.39, 0.29) is 5.82 Å². The first-order chi connectivity index (χ1) is 7.59. The molecule has 0 spiro atoms. The zero-order valence-corrected chi connectivity index (χ0v) is 11.0. The smallest absolute Gasteiger partial charge is 0.248 e. The van der Waals surface area contributed by atoms with Gasteiger partial charge in [0, 0.05) is 6.26 Å². The monoisotopic (exact) mass is 279 g/mol. The summed E-state index contributed by atoms with van der Waals surface area (Å²) < 4.78 is 46.9. The molecule has 17 heavy (non-hydrogen) atoms. The van der Waals surface area contributed by atoms with Crippen LogP contribution < -0.4 is 10.5 Å². The third kappa shape index (κ3) is 4.57. The zero-order chi connectivity index (χ0) is 13.3. The maximum Gasteiger partial charge on any atom is 0.248 e. The summed E-state index contributed by atoms with van der Waals surface area (Å²) >= 11 is 0. The molecule has 0 amide bonds. The van der Waals surface area contributed by atoms with Crippen molar-refractivity contribution in [2.75, 3.05) is 21.8 Å². The van der Waals surface area contributed by atoms with Gasteiger partial charge in [0.2, 0.25) is 10.0 Å². The Morgan fingerprint density at radius 1 is 1.35 bits per heavy atom. The molecule has 0 bridgehead atoms. The minimum absolute atomic E-state index is 0.0721. The summed E-state index contributed by atoms with van der Waals surface area (Å²) in [5.41, 5.74) is 6.37. The molecule has 0 aliphatic carbocycles. The molecule has 0 unspecified atom stereocenters. The molecular weight excluding hydrogens is 266 g/mol. The number of nitrogen functional groups attached to an aromatic ring is 1. The highest BCUT2D eigenvalue weighted by molar-refractivity contribution is 8.08. The highest BCUT2D eigenvalue weighted by Gasteiger charge is 2.19. The number of sulfone groups is 1. The van der Waals surface area contributed by atoms with Crippen LogP contribution >= 0.6 is 0 Å². The SMILES string of the molecule is Cc1cc(N)cnc1NS(=O)(=O)CS(C)(=O)=O. The molecule has 96 valence electrons. The molecule has 1 heterocycles. The van der Waals surface area contributed by atoms with Gasteiger partial charge in [-0.25, -0.2) is 21.8 Å². The molecule has 0 radical (unpaired) electrons. The second-order valence-electron chi connectivity index (χ2n) is 3.69. The molecule has 3 N–H and O–H groups in total. The van der Waals surface area contributed by atoms with Gasteiger partial charge in [-0.2, -0.15) is 0 Å². The molecule has 0 atom stereocenters. The average Bonchev–Trinajstić information content (AvgIpc) is 2.05. The minimum atomic E-state index is -3.97. The maximum atomic E-state index is 11.5. The predicted octanol–water partition coefficient (Wildman–Crippen LogP) is -0.284. The van der Waals surface area contributed by atoms with Crippen molar-refractivity contribution in [2.45, 2.75) is 6.92 Å². The van der Waals surface area contributed by atoms with Crippen molar-refractivity contribution in [1.29, 1.82) is 0 Å². The average molecular weight is 279 g/mol. The van der Waals surface area contributed by atoms with Crippen LogP contribution in [0.1, 0.15) is 5.56 Å². The molecule has 1 rings (SSSR count). The number of nitrogens with two attached hydrogens (primary N) is 1. The molecule has 7 nitrogen and oxygen atoms in total. The molecule has 0 aliphatic heterocycles. The molecule has 0 aliphatic rings. The number of hydrogen-bond donors (Lipinski definition) is 2. The molecule has 1 aromatic heterocycles. The lowest BCUT2D eigenvalue weighted by atomic mass is 10.3. The molecule has 0 saturated heterocycles. The maximum absolute atomic E-state index is 11.5. The van der Waals surface area contributed by atoms with E-state index < -0.39 is 24.9 Å². The zero-order valence-electron chi connectivity index (χ0n) is 9.34. The van der Waals surface area contributed by atoms with Gasteiger partial charge in [-0.3, -0.25) is 4.72 Å². The van der Waals surface area contributed by atoms with Gasteiger partial charge in [-0.15, -0.1) is 0 Å². The summed E-state index contributed by atoms with van der Waals surface area (Å²) in [4.78, 5) is 3.78. The van der Waals surface area contributed by atoms with Crippen molar-refractivity contribution in [2.24, 2.45) is 0 Å². The molecule has 0 saturated carbocycles. The Labute approximate surface area is 100 Å². The third-order valence-electron chi connectivity index (χ3n) is 1.72. The van der Waals surface area contributed by atoms with E-state index in [0.717, 1.165) is 6.26 Å². The Morgan fingerprint density at radius 2 is 1.94 bits per heavy atom.